The van der Waals surface area contributed by atoms with Gasteiger partial charge in [0.1, 0.15) is 0 Å². The molecule has 1 saturated heterocycles. The number of alkyl halides is 2. The van der Waals surface area contributed by atoms with Crippen LogP contribution in [0.2, 0.25) is 0 Å². The standard InChI is InChI=1S/C14H15F3N2O3/c1-14(16,17)13(21)18-9-6-11(20)19-12(9)7-3-4-8(15)10(5-7)22-2/h3-5,9,12H,6H2,1-2H3,(H,18,21)(H,19,20)/t9-,12+/m0/s1. The van der Waals surface area contributed by atoms with Crippen molar-refractivity contribution in [1.29, 1.82) is 0 Å². The third-order valence-corrected chi connectivity index (χ3v) is 3.37. The van der Waals surface area contributed by atoms with E-state index in [0.29, 0.717) is 12.5 Å². The van der Waals surface area contributed by atoms with E-state index in [-0.39, 0.29) is 12.2 Å². The van der Waals surface area contributed by atoms with Crippen LogP contribution in [0.25, 0.3) is 0 Å². The average molecular weight is 316 g/mol. The van der Waals surface area contributed by atoms with Gasteiger partial charge in [-0.3, -0.25) is 9.59 Å². The molecule has 0 saturated carbocycles. The first kappa shape index (κ1) is 16.1. The zero-order chi connectivity index (χ0) is 16.5. The summed E-state index contributed by atoms with van der Waals surface area (Å²) in [6, 6.07) is 2.33. The van der Waals surface area contributed by atoms with Crippen molar-refractivity contribution in [2.75, 3.05) is 7.11 Å². The number of ether oxygens (including phenoxy) is 1. The lowest BCUT2D eigenvalue weighted by molar-refractivity contribution is -0.143. The molecule has 0 aromatic heterocycles. The summed E-state index contributed by atoms with van der Waals surface area (Å²) in [5.41, 5.74) is 0.453. The minimum atomic E-state index is -3.54. The Morgan fingerprint density at radius 2 is 2.14 bits per heavy atom. The highest BCUT2D eigenvalue weighted by Gasteiger charge is 2.40. The largest absolute Gasteiger partial charge is 0.494 e. The summed E-state index contributed by atoms with van der Waals surface area (Å²) in [6.45, 7) is 0.475. The summed E-state index contributed by atoms with van der Waals surface area (Å²) in [5.74, 6) is -6.02. The van der Waals surface area contributed by atoms with Crippen molar-refractivity contribution in [2.24, 2.45) is 0 Å². The fourth-order valence-corrected chi connectivity index (χ4v) is 2.27. The Morgan fingerprint density at radius 3 is 2.73 bits per heavy atom. The minimum Gasteiger partial charge on any atom is -0.494 e. The molecule has 8 heteroatoms. The topological polar surface area (TPSA) is 67.4 Å². The van der Waals surface area contributed by atoms with E-state index in [2.05, 4.69) is 10.6 Å². The van der Waals surface area contributed by atoms with Crippen LogP contribution in [0.4, 0.5) is 13.2 Å². The van der Waals surface area contributed by atoms with Gasteiger partial charge in [-0.1, -0.05) is 6.07 Å². The van der Waals surface area contributed by atoms with Crippen molar-refractivity contribution in [3.05, 3.63) is 29.6 Å². The van der Waals surface area contributed by atoms with Gasteiger partial charge in [0, 0.05) is 13.3 Å². The summed E-state index contributed by atoms with van der Waals surface area (Å²) in [7, 11) is 1.28. The first-order valence-corrected chi connectivity index (χ1v) is 6.54. The molecule has 1 heterocycles. The maximum atomic E-state index is 13.4. The van der Waals surface area contributed by atoms with E-state index < -0.39 is 35.6 Å². The number of carbonyl (C=O) groups excluding carboxylic acids is 2. The van der Waals surface area contributed by atoms with E-state index in [9.17, 15) is 22.8 Å². The number of hydrogen-bond donors (Lipinski definition) is 2. The van der Waals surface area contributed by atoms with E-state index in [4.69, 9.17) is 4.74 Å². The van der Waals surface area contributed by atoms with Gasteiger partial charge in [-0.15, -0.1) is 0 Å². The Morgan fingerprint density at radius 1 is 1.45 bits per heavy atom. The van der Waals surface area contributed by atoms with Crippen molar-refractivity contribution in [3.8, 4) is 5.75 Å². The first-order valence-electron chi connectivity index (χ1n) is 6.54. The molecule has 22 heavy (non-hydrogen) atoms. The van der Waals surface area contributed by atoms with Gasteiger partial charge in [-0.05, 0) is 17.7 Å². The highest BCUT2D eigenvalue weighted by Crippen LogP contribution is 2.29. The summed E-state index contributed by atoms with van der Waals surface area (Å²) >= 11 is 0. The SMILES string of the molecule is COc1cc([C@H]2NC(=O)C[C@@H]2NC(=O)C(C)(F)F)ccc1F. The van der Waals surface area contributed by atoms with Crippen molar-refractivity contribution >= 4 is 11.8 Å². The van der Waals surface area contributed by atoms with Crippen molar-refractivity contribution in [2.45, 2.75) is 31.4 Å². The lowest BCUT2D eigenvalue weighted by Crippen LogP contribution is -2.45. The Labute approximate surface area is 124 Å². The molecule has 1 aliphatic heterocycles. The zero-order valence-electron chi connectivity index (χ0n) is 12.0. The quantitative estimate of drug-likeness (QED) is 0.885. The number of methoxy groups -OCH3 is 1. The van der Waals surface area contributed by atoms with Gasteiger partial charge in [-0.25, -0.2) is 4.39 Å². The first-order chi connectivity index (χ1) is 10.2. The summed E-state index contributed by atoms with van der Waals surface area (Å²) in [4.78, 5) is 22.9. The molecule has 1 fully saturated rings. The van der Waals surface area contributed by atoms with Crippen LogP contribution in [0.3, 0.4) is 0 Å². The number of hydrogen-bond acceptors (Lipinski definition) is 3. The van der Waals surface area contributed by atoms with E-state index in [0.717, 1.165) is 6.07 Å². The number of benzene rings is 1. The van der Waals surface area contributed by atoms with Crippen LogP contribution in [0.5, 0.6) is 5.75 Å². The molecule has 2 N–H and O–H groups in total. The van der Waals surface area contributed by atoms with E-state index in [1.807, 2.05) is 0 Å². The number of nitrogens with one attached hydrogen (secondary N) is 2. The highest BCUT2D eigenvalue weighted by molar-refractivity contribution is 5.86. The molecule has 2 amide bonds. The molecule has 0 spiro atoms. The van der Waals surface area contributed by atoms with Gasteiger partial charge in [0.15, 0.2) is 11.6 Å². The Balaban J connectivity index is 2.24. The van der Waals surface area contributed by atoms with Gasteiger partial charge < -0.3 is 15.4 Å². The molecule has 0 bridgehead atoms. The molecule has 0 aliphatic carbocycles. The fraction of sp³-hybridized carbons (Fsp3) is 0.429. The average Bonchev–Trinajstić information content (AvgIpc) is 2.79. The number of halogens is 3. The van der Waals surface area contributed by atoms with Crippen LogP contribution < -0.4 is 15.4 Å². The molecular weight excluding hydrogens is 301 g/mol. The van der Waals surface area contributed by atoms with Crippen LogP contribution in [0, 0.1) is 5.82 Å². The second-order valence-electron chi connectivity index (χ2n) is 5.11. The molecule has 2 atom stereocenters. The Hall–Kier alpha value is -2.25. The molecule has 0 unspecified atom stereocenters. The van der Waals surface area contributed by atoms with Gasteiger partial charge >= 0.3 is 5.92 Å². The normalized spacial score (nSPS) is 21.4. The predicted octanol–water partition coefficient (Wildman–Crippen LogP) is 1.54. The third-order valence-electron chi connectivity index (χ3n) is 3.37. The monoisotopic (exact) mass is 316 g/mol. The lowest BCUT2D eigenvalue weighted by atomic mass is 10.00. The minimum absolute atomic E-state index is 0.0375. The van der Waals surface area contributed by atoms with Crippen LogP contribution in [-0.4, -0.2) is 30.9 Å². The zero-order valence-corrected chi connectivity index (χ0v) is 12.0. The summed E-state index contributed by atoms with van der Waals surface area (Å²) in [5, 5.41) is 4.71. The number of amides is 2. The smallest absolute Gasteiger partial charge is 0.321 e. The van der Waals surface area contributed by atoms with Crippen LogP contribution >= 0.6 is 0 Å². The fourth-order valence-electron chi connectivity index (χ4n) is 2.27. The van der Waals surface area contributed by atoms with Crippen molar-refractivity contribution < 1.29 is 27.5 Å². The van der Waals surface area contributed by atoms with Crippen LogP contribution in [0.15, 0.2) is 18.2 Å². The van der Waals surface area contributed by atoms with Crippen LogP contribution in [0.1, 0.15) is 24.9 Å². The second-order valence-corrected chi connectivity index (χ2v) is 5.11. The molecule has 120 valence electrons. The molecule has 2 rings (SSSR count). The van der Waals surface area contributed by atoms with Gasteiger partial charge in [0.2, 0.25) is 5.91 Å². The van der Waals surface area contributed by atoms with Crippen LogP contribution in [-0.2, 0) is 9.59 Å². The third kappa shape index (κ3) is 3.32. The summed E-state index contributed by atoms with van der Waals surface area (Å²) in [6.07, 6.45) is -0.133. The summed E-state index contributed by atoms with van der Waals surface area (Å²) < 4.78 is 44.2. The van der Waals surface area contributed by atoms with Crippen molar-refractivity contribution in [1.82, 2.24) is 10.6 Å². The Bertz CT molecular complexity index is 601. The van der Waals surface area contributed by atoms with E-state index >= 15 is 0 Å². The van der Waals surface area contributed by atoms with E-state index in [1.54, 1.807) is 0 Å². The lowest BCUT2D eigenvalue weighted by Gasteiger charge is -2.22. The Kier molecular flexibility index (Phi) is 4.30. The van der Waals surface area contributed by atoms with Crippen molar-refractivity contribution in [3.63, 3.8) is 0 Å². The predicted molar refractivity (Wildman–Crippen MR) is 71.0 cm³/mol. The van der Waals surface area contributed by atoms with E-state index in [1.165, 1.54) is 19.2 Å². The van der Waals surface area contributed by atoms with Gasteiger partial charge in [0.25, 0.3) is 5.91 Å². The maximum absolute atomic E-state index is 13.4. The molecule has 1 aliphatic rings. The van der Waals surface area contributed by atoms with Gasteiger partial charge in [0.05, 0.1) is 19.2 Å². The van der Waals surface area contributed by atoms with Gasteiger partial charge in [-0.2, -0.15) is 8.78 Å². The second kappa shape index (κ2) is 5.86. The molecule has 5 nitrogen and oxygen atoms in total. The molecule has 1 aromatic rings. The number of rotatable bonds is 4. The molecule has 0 radical (unpaired) electrons. The molecule has 1 aromatic carbocycles. The molecular formula is C14H15F3N2O3. The highest BCUT2D eigenvalue weighted by atomic mass is 19.3. The maximum Gasteiger partial charge on any atom is 0.321 e. The number of carbonyl (C=O) groups is 2.